The molecule has 1 aliphatic heterocycles. The fraction of sp³-hybridized carbons (Fsp3) is 0.263. The van der Waals surface area contributed by atoms with Gasteiger partial charge in [0.1, 0.15) is 0 Å². The molecule has 0 aliphatic carbocycles. The summed E-state index contributed by atoms with van der Waals surface area (Å²) in [5.41, 5.74) is 2.81. The van der Waals surface area contributed by atoms with Crippen LogP contribution >= 0.6 is 0 Å². The van der Waals surface area contributed by atoms with Crippen LogP contribution in [0, 0.1) is 6.92 Å². The van der Waals surface area contributed by atoms with E-state index in [1.54, 1.807) is 12.4 Å². The lowest BCUT2D eigenvalue weighted by Crippen LogP contribution is -2.48. The largest absolute Gasteiger partial charge is 0.339 e. The van der Waals surface area contributed by atoms with Gasteiger partial charge in [0, 0.05) is 36.7 Å². The molecule has 0 spiro atoms. The summed E-state index contributed by atoms with van der Waals surface area (Å²) < 4.78 is 5.37. The van der Waals surface area contributed by atoms with E-state index in [0.29, 0.717) is 18.3 Å². The van der Waals surface area contributed by atoms with Gasteiger partial charge in [-0.1, -0.05) is 22.9 Å². The van der Waals surface area contributed by atoms with Crippen LogP contribution in [-0.4, -0.2) is 45.6 Å². The van der Waals surface area contributed by atoms with E-state index >= 15 is 0 Å². The maximum atomic E-state index is 12.1. The van der Waals surface area contributed by atoms with Crippen LogP contribution in [0.25, 0.3) is 11.4 Å². The van der Waals surface area contributed by atoms with Crippen LogP contribution in [0.5, 0.6) is 0 Å². The smallest absolute Gasteiger partial charge is 0.238 e. The number of aryl methyl sites for hydroxylation is 1. The van der Waals surface area contributed by atoms with Gasteiger partial charge in [-0.3, -0.25) is 14.7 Å². The monoisotopic (exact) mass is 349 g/mol. The lowest BCUT2D eigenvalue weighted by molar-refractivity contribution is -0.118. The van der Waals surface area contributed by atoms with Gasteiger partial charge in [0.05, 0.1) is 12.5 Å². The minimum absolute atomic E-state index is 0.0196. The molecule has 3 aromatic rings. The first-order valence-electron chi connectivity index (χ1n) is 8.50. The van der Waals surface area contributed by atoms with E-state index in [-0.39, 0.29) is 11.8 Å². The van der Waals surface area contributed by atoms with Crippen LogP contribution in [-0.2, 0) is 4.79 Å². The molecule has 0 bridgehead atoms. The molecule has 7 heteroatoms. The maximum absolute atomic E-state index is 12.1. The standard InChI is InChI=1S/C19H19N5O2/c1-13-4-6-16(7-5-13)21-17(25)12-24-10-15(11-24)19-22-18(23-26-19)14-3-2-8-20-9-14/h2-9,15H,10-12H2,1H3,(H,21,25). The Bertz CT molecular complexity index is 886. The summed E-state index contributed by atoms with van der Waals surface area (Å²) in [6.45, 7) is 3.84. The first-order chi connectivity index (χ1) is 12.7. The fourth-order valence-corrected chi connectivity index (χ4v) is 2.91. The Labute approximate surface area is 151 Å². The normalized spacial score (nSPS) is 14.8. The molecule has 0 radical (unpaired) electrons. The number of anilines is 1. The zero-order valence-electron chi connectivity index (χ0n) is 14.4. The Kier molecular flexibility index (Phi) is 4.45. The van der Waals surface area contributed by atoms with Crippen LogP contribution < -0.4 is 5.32 Å². The first kappa shape index (κ1) is 16.4. The highest BCUT2D eigenvalue weighted by Gasteiger charge is 2.33. The lowest BCUT2D eigenvalue weighted by Gasteiger charge is -2.36. The average Bonchev–Trinajstić information content (AvgIpc) is 3.10. The predicted octanol–water partition coefficient (Wildman–Crippen LogP) is 2.48. The average molecular weight is 349 g/mol. The summed E-state index contributed by atoms with van der Waals surface area (Å²) in [6.07, 6.45) is 3.41. The Morgan fingerprint density at radius 2 is 2.08 bits per heavy atom. The maximum Gasteiger partial charge on any atom is 0.238 e. The molecule has 1 aliphatic rings. The second-order valence-corrected chi connectivity index (χ2v) is 6.50. The number of nitrogens with one attached hydrogen (secondary N) is 1. The van der Waals surface area contributed by atoms with E-state index in [0.717, 1.165) is 24.3 Å². The van der Waals surface area contributed by atoms with Crippen molar-refractivity contribution in [3.8, 4) is 11.4 Å². The summed E-state index contributed by atoms with van der Waals surface area (Å²) in [4.78, 5) is 22.7. The minimum Gasteiger partial charge on any atom is -0.339 e. The fourth-order valence-electron chi connectivity index (χ4n) is 2.91. The van der Waals surface area contributed by atoms with E-state index in [9.17, 15) is 4.79 Å². The van der Waals surface area contributed by atoms with E-state index in [1.165, 1.54) is 5.56 Å². The molecule has 1 aromatic carbocycles. The molecular formula is C19H19N5O2. The summed E-state index contributed by atoms with van der Waals surface area (Å²) >= 11 is 0. The van der Waals surface area contributed by atoms with Gasteiger partial charge in [0.15, 0.2) is 0 Å². The third-order valence-electron chi connectivity index (χ3n) is 4.37. The van der Waals surface area contributed by atoms with Crippen molar-refractivity contribution in [2.24, 2.45) is 0 Å². The summed E-state index contributed by atoms with van der Waals surface area (Å²) in [5.74, 6) is 1.30. The highest BCUT2D eigenvalue weighted by Crippen LogP contribution is 2.27. The van der Waals surface area contributed by atoms with Crippen LogP contribution in [0.3, 0.4) is 0 Å². The highest BCUT2D eigenvalue weighted by atomic mass is 16.5. The van der Waals surface area contributed by atoms with Gasteiger partial charge in [-0.2, -0.15) is 4.98 Å². The van der Waals surface area contributed by atoms with Crippen LogP contribution in [0.4, 0.5) is 5.69 Å². The number of carbonyl (C=O) groups excluding carboxylic acids is 1. The van der Waals surface area contributed by atoms with Crippen molar-refractivity contribution < 1.29 is 9.32 Å². The minimum atomic E-state index is -0.0196. The molecule has 132 valence electrons. The SMILES string of the molecule is Cc1ccc(NC(=O)CN2CC(c3nc(-c4cccnc4)no3)C2)cc1. The molecule has 0 saturated carbocycles. The van der Waals surface area contributed by atoms with Gasteiger partial charge < -0.3 is 9.84 Å². The van der Waals surface area contributed by atoms with E-state index in [2.05, 4.69) is 25.3 Å². The molecule has 1 fully saturated rings. The van der Waals surface area contributed by atoms with Gasteiger partial charge >= 0.3 is 0 Å². The van der Waals surface area contributed by atoms with Crippen molar-refractivity contribution in [1.29, 1.82) is 0 Å². The number of pyridine rings is 1. The van der Waals surface area contributed by atoms with Crippen LogP contribution in [0.2, 0.25) is 0 Å². The van der Waals surface area contributed by atoms with Crippen molar-refractivity contribution in [3.63, 3.8) is 0 Å². The van der Waals surface area contributed by atoms with E-state index in [4.69, 9.17) is 4.52 Å². The van der Waals surface area contributed by atoms with Crippen molar-refractivity contribution in [3.05, 3.63) is 60.2 Å². The zero-order valence-corrected chi connectivity index (χ0v) is 14.4. The molecule has 0 atom stereocenters. The van der Waals surface area contributed by atoms with Gasteiger partial charge in [0.2, 0.25) is 17.6 Å². The Morgan fingerprint density at radius 1 is 1.27 bits per heavy atom. The number of amides is 1. The van der Waals surface area contributed by atoms with Crippen molar-refractivity contribution in [1.82, 2.24) is 20.0 Å². The number of hydrogen-bond donors (Lipinski definition) is 1. The molecule has 3 heterocycles. The number of nitrogens with zero attached hydrogens (tertiary/aromatic N) is 4. The molecule has 26 heavy (non-hydrogen) atoms. The molecule has 0 unspecified atom stereocenters. The molecule has 2 aromatic heterocycles. The Morgan fingerprint density at radius 3 is 2.81 bits per heavy atom. The third-order valence-corrected chi connectivity index (χ3v) is 4.37. The number of rotatable bonds is 5. The number of likely N-dealkylation sites (tertiary alicyclic amines) is 1. The van der Waals surface area contributed by atoms with E-state index in [1.807, 2.05) is 43.3 Å². The first-order valence-corrected chi connectivity index (χ1v) is 8.50. The quantitative estimate of drug-likeness (QED) is 0.762. The summed E-state index contributed by atoms with van der Waals surface area (Å²) in [7, 11) is 0. The number of carbonyl (C=O) groups is 1. The van der Waals surface area contributed by atoms with Crippen molar-refractivity contribution in [2.45, 2.75) is 12.8 Å². The zero-order chi connectivity index (χ0) is 17.9. The molecule has 1 saturated heterocycles. The van der Waals surface area contributed by atoms with Crippen LogP contribution in [0.1, 0.15) is 17.4 Å². The molecule has 1 amide bonds. The molecule has 4 rings (SSSR count). The lowest BCUT2D eigenvalue weighted by atomic mass is 10.0. The van der Waals surface area contributed by atoms with Gasteiger partial charge in [0.25, 0.3) is 0 Å². The number of hydrogen-bond acceptors (Lipinski definition) is 6. The van der Waals surface area contributed by atoms with Gasteiger partial charge in [-0.25, -0.2) is 0 Å². The summed E-state index contributed by atoms with van der Waals surface area (Å²) in [6, 6.07) is 11.5. The van der Waals surface area contributed by atoms with Gasteiger partial charge in [-0.15, -0.1) is 0 Å². The Hall–Kier alpha value is -3.06. The third kappa shape index (κ3) is 3.62. The highest BCUT2D eigenvalue weighted by molar-refractivity contribution is 5.92. The predicted molar refractivity (Wildman–Crippen MR) is 96.5 cm³/mol. The number of aromatic nitrogens is 3. The molecule has 7 nitrogen and oxygen atoms in total. The second kappa shape index (κ2) is 7.05. The number of benzene rings is 1. The van der Waals surface area contributed by atoms with Crippen molar-refractivity contribution in [2.75, 3.05) is 25.0 Å². The van der Waals surface area contributed by atoms with Crippen molar-refractivity contribution >= 4 is 11.6 Å². The molecular weight excluding hydrogens is 330 g/mol. The van der Waals surface area contributed by atoms with Gasteiger partial charge in [-0.05, 0) is 31.2 Å². The van der Waals surface area contributed by atoms with Crippen LogP contribution in [0.15, 0.2) is 53.3 Å². The topological polar surface area (TPSA) is 84.2 Å². The second-order valence-electron chi connectivity index (χ2n) is 6.50. The van der Waals surface area contributed by atoms with E-state index < -0.39 is 0 Å². The summed E-state index contributed by atoms with van der Waals surface area (Å²) in [5, 5.41) is 6.92. The Balaban J connectivity index is 1.28. The molecule has 1 N–H and O–H groups in total.